The molecule has 0 radical (unpaired) electrons. The number of aromatic amines is 1. The lowest BCUT2D eigenvalue weighted by atomic mass is 9.80. The standard InChI is InChI=1S/C14H20BNO3.C8H8BrNO.C5H4BrNO.C3H7BO2/c1-13(2)14(3,4)19-15(18-13)10-5-8-12(17)16(9-10)11-6-7-11;9-6-1-4-8(11)10(5-6)7-2-3-7;6-4-1-2-5(8)7-3-4;5-4(6)3-1-2-3/h5,8-9,11H,6-7H2,1-4H3;1,4-5,7H,2-3H2;1-3H,(H,7,8);3,5-6H,1-2H2. The summed E-state index contributed by atoms with van der Waals surface area (Å²) in [6.07, 6.45) is 11.8. The van der Waals surface area contributed by atoms with E-state index in [-0.39, 0.29) is 33.7 Å². The van der Waals surface area contributed by atoms with Crippen LogP contribution in [0.1, 0.15) is 78.3 Å². The number of pyridine rings is 3. The number of halogens is 2. The van der Waals surface area contributed by atoms with E-state index in [2.05, 4.69) is 36.8 Å². The second-order valence-corrected chi connectivity index (χ2v) is 14.3. The Bertz CT molecular complexity index is 1560. The summed E-state index contributed by atoms with van der Waals surface area (Å²) in [7, 11) is -1.43. The molecule has 0 amide bonds. The van der Waals surface area contributed by atoms with E-state index in [1.807, 2.05) is 46.2 Å². The Morgan fingerprint density at radius 2 is 1.27 bits per heavy atom. The van der Waals surface area contributed by atoms with Gasteiger partial charge in [-0.25, -0.2) is 0 Å². The number of aromatic nitrogens is 3. The maximum absolute atomic E-state index is 11.8. The van der Waals surface area contributed by atoms with Gasteiger partial charge in [0, 0.05) is 57.8 Å². The van der Waals surface area contributed by atoms with Crippen LogP contribution in [0.5, 0.6) is 0 Å². The molecule has 44 heavy (non-hydrogen) atoms. The number of H-pyrrole nitrogens is 1. The van der Waals surface area contributed by atoms with Gasteiger partial charge in [0.1, 0.15) is 0 Å². The lowest BCUT2D eigenvalue weighted by Gasteiger charge is -2.32. The zero-order valence-electron chi connectivity index (χ0n) is 25.4. The van der Waals surface area contributed by atoms with Crippen LogP contribution in [0.25, 0.3) is 0 Å². The predicted molar refractivity (Wildman–Crippen MR) is 179 cm³/mol. The molecule has 3 aliphatic carbocycles. The Morgan fingerprint density at radius 1 is 0.773 bits per heavy atom. The summed E-state index contributed by atoms with van der Waals surface area (Å²) in [5, 5.41) is 16.5. The highest BCUT2D eigenvalue weighted by Crippen LogP contribution is 2.38. The van der Waals surface area contributed by atoms with E-state index in [0.29, 0.717) is 12.1 Å². The number of nitrogens with zero attached hydrogens (tertiary/aromatic N) is 2. The summed E-state index contributed by atoms with van der Waals surface area (Å²) in [6, 6.07) is 10.8. The summed E-state index contributed by atoms with van der Waals surface area (Å²) in [4.78, 5) is 35.8. The van der Waals surface area contributed by atoms with Crippen molar-refractivity contribution in [2.24, 2.45) is 0 Å². The van der Waals surface area contributed by atoms with E-state index in [4.69, 9.17) is 19.4 Å². The molecule has 0 aromatic carbocycles. The Morgan fingerprint density at radius 3 is 1.68 bits per heavy atom. The molecule has 0 bridgehead atoms. The first-order chi connectivity index (χ1) is 20.7. The molecule has 3 saturated carbocycles. The van der Waals surface area contributed by atoms with Gasteiger partial charge in [-0.15, -0.1) is 0 Å². The van der Waals surface area contributed by atoms with Crippen LogP contribution in [0.2, 0.25) is 5.82 Å². The molecule has 4 fully saturated rings. The van der Waals surface area contributed by atoms with Gasteiger partial charge in [0.2, 0.25) is 5.56 Å². The maximum atomic E-state index is 11.8. The fourth-order valence-electron chi connectivity index (χ4n) is 4.18. The number of hydrogen-bond acceptors (Lipinski definition) is 7. The third-order valence-corrected chi connectivity index (χ3v) is 9.02. The molecular weight excluding hydrogens is 696 g/mol. The largest absolute Gasteiger partial charge is 0.496 e. The molecule has 0 atom stereocenters. The molecule has 0 spiro atoms. The Balaban J connectivity index is 0.000000149. The highest BCUT2D eigenvalue weighted by atomic mass is 79.9. The van der Waals surface area contributed by atoms with Crippen molar-refractivity contribution in [2.75, 3.05) is 0 Å². The average Bonchev–Trinajstić information content (AvgIpc) is 3.82. The summed E-state index contributed by atoms with van der Waals surface area (Å²) >= 11 is 6.51. The molecule has 236 valence electrons. The van der Waals surface area contributed by atoms with Crippen molar-refractivity contribution in [2.45, 2.75) is 95.3 Å². The molecular formula is C30H39B2Br2N3O7. The second-order valence-electron chi connectivity index (χ2n) is 12.5. The van der Waals surface area contributed by atoms with E-state index in [1.165, 1.54) is 6.07 Å². The SMILES string of the molecule is CC1(C)OB(c2ccc(=O)n(C3CC3)c2)OC1(C)C.O=c1ccc(Br)c[nH]1.O=c1ccc(Br)cn1C1CC1.OB(O)C1CC1. The first-order valence-corrected chi connectivity index (χ1v) is 16.4. The first kappa shape index (κ1) is 34.6. The molecule has 1 aliphatic heterocycles. The van der Waals surface area contributed by atoms with Crippen LogP contribution in [0, 0.1) is 0 Å². The van der Waals surface area contributed by atoms with Gasteiger partial charge in [0.25, 0.3) is 11.1 Å². The van der Waals surface area contributed by atoms with Gasteiger partial charge in [0.05, 0.1) is 11.2 Å². The molecule has 14 heteroatoms. The van der Waals surface area contributed by atoms with Crippen LogP contribution in [0.4, 0.5) is 0 Å². The van der Waals surface area contributed by atoms with Crippen LogP contribution >= 0.6 is 31.9 Å². The lowest BCUT2D eigenvalue weighted by Crippen LogP contribution is -2.41. The molecule has 7 rings (SSSR count). The van der Waals surface area contributed by atoms with E-state index in [1.54, 1.807) is 39.6 Å². The van der Waals surface area contributed by atoms with Crippen LogP contribution in [-0.2, 0) is 9.31 Å². The molecule has 4 heterocycles. The van der Waals surface area contributed by atoms with Crippen molar-refractivity contribution in [3.05, 3.63) is 95.0 Å². The normalized spacial score (nSPS) is 19.4. The van der Waals surface area contributed by atoms with E-state index < -0.39 is 14.2 Å². The van der Waals surface area contributed by atoms with Gasteiger partial charge >= 0.3 is 14.2 Å². The topological polar surface area (TPSA) is 136 Å². The van der Waals surface area contributed by atoms with E-state index in [9.17, 15) is 14.4 Å². The number of rotatable bonds is 4. The summed E-state index contributed by atoms with van der Waals surface area (Å²) < 4.78 is 17.5. The summed E-state index contributed by atoms with van der Waals surface area (Å²) in [5.41, 5.74) is 0.313. The Hall–Kier alpha value is -2.22. The molecule has 3 aromatic rings. The molecule has 3 aromatic heterocycles. The van der Waals surface area contributed by atoms with Crippen molar-refractivity contribution in [1.82, 2.24) is 14.1 Å². The zero-order valence-corrected chi connectivity index (χ0v) is 28.6. The van der Waals surface area contributed by atoms with Gasteiger partial charge < -0.3 is 33.5 Å². The molecule has 10 nitrogen and oxygen atoms in total. The molecule has 0 unspecified atom stereocenters. The highest BCUT2D eigenvalue weighted by Gasteiger charge is 2.52. The van der Waals surface area contributed by atoms with Crippen molar-refractivity contribution >= 4 is 51.6 Å². The minimum Gasteiger partial charge on any atom is -0.427 e. The number of nitrogens with one attached hydrogen (secondary N) is 1. The predicted octanol–water partition coefficient (Wildman–Crippen LogP) is 4.19. The molecule has 3 N–H and O–H groups in total. The van der Waals surface area contributed by atoms with Gasteiger partial charge in [-0.2, -0.15) is 0 Å². The van der Waals surface area contributed by atoms with Crippen molar-refractivity contribution < 1.29 is 19.4 Å². The smallest absolute Gasteiger partial charge is 0.427 e. The van der Waals surface area contributed by atoms with Crippen LogP contribution in [-0.4, -0.2) is 49.6 Å². The molecule has 4 aliphatic rings. The quantitative estimate of drug-likeness (QED) is 0.343. The van der Waals surface area contributed by atoms with Crippen molar-refractivity contribution in [1.29, 1.82) is 0 Å². The third-order valence-electron chi connectivity index (χ3n) is 8.06. The van der Waals surface area contributed by atoms with Crippen molar-refractivity contribution in [3.8, 4) is 0 Å². The van der Waals surface area contributed by atoms with E-state index >= 15 is 0 Å². The Kier molecular flexibility index (Phi) is 11.4. The number of hydrogen-bond donors (Lipinski definition) is 3. The van der Waals surface area contributed by atoms with Crippen molar-refractivity contribution in [3.63, 3.8) is 0 Å². The van der Waals surface area contributed by atoms with Crippen LogP contribution in [0.15, 0.2) is 78.3 Å². The van der Waals surface area contributed by atoms with Gasteiger partial charge in [-0.3, -0.25) is 14.4 Å². The van der Waals surface area contributed by atoms with Gasteiger partial charge in [-0.1, -0.05) is 18.9 Å². The summed E-state index contributed by atoms with van der Waals surface area (Å²) in [5.74, 6) is 0.213. The maximum Gasteiger partial charge on any atom is 0.496 e. The van der Waals surface area contributed by atoms with E-state index in [0.717, 1.165) is 52.9 Å². The second kappa shape index (κ2) is 14.5. The Labute approximate surface area is 274 Å². The third kappa shape index (κ3) is 9.89. The lowest BCUT2D eigenvalue weighted by molar-refractivity contribution is 0.00578. The van der Waals surface area contributed by atoms with Crippen LogP contribution in [0.3, 0.4) is 0 Å². The minimum absolute atomic E-state index is 0.0581. The fourth-order valence-corrected chi connectivity index (χ4v) is 4.78. The average molecular weight is 735 g/mol. The van der Waals surface area contributed by atoms with Gasteiger partial charge in [-0.05, 0) is 109 Å². The summed E-state index contributed by atoms with van der Waals surface area (Å²) in [6.45, 7) is 8.13. The highest BCUT2D eigenvalue weighted by molar-refractivity contribution is 9.10. The molecule has 1 saturated heterocycles. The van der Waals surface area contributed by atoms with Crippen LogP contribution < -0.4 is 22.1 Å². The van der Waals surface area contributed by atoms with Gasteiger partial charge in [0.15, 0.2) is 0 Å². The minimum atomic E-state index is -1.04. The first-order valence-electron chi connectivity index (χ1n) is 14.8. The fraction of sp³-hybridized carbons (Fsp3) is 0.500. The zero-order chi connectivity index (χ0) is 32.2. The monoisotopic (exact) mass is 733 g/mol.